The maximum Gasteiger partial charge on any atom is 0.304 e. The summed E-state index contributed by atoms with van der Waals surface area (Å²) in [6.07, 6.45) is 5.17. The largest absolute Gasteiger partial charge is 0.481 e. The van der Waals surface area contributed by atoms with Gasteiger partial charge in [0.05, 0.1) is 27.8 Å². The van der Waals surface area contributed by atoms with Crippen LogP contribution in [0.25, 0.3) is 21.9 Å². The lowest BCUT2D eigenvalue weighted by molar-refractivity contribution is -0.137. The van der Waals surface area contributed by atoms with Crippen LogP contribution in [0.4, 0.5) is 4.39 Å². The maximum atomic E-state index is 14.9. The van der Waals surface area contributed by atoms with Crippen LogP contribution in [0.1, 0.15) is 25.3 Å². The van der Waals surface area contributed by atoms with Gasteiger partial charge in [0, 0.05) is 17.5 Å². The lowest BCUT2D eigenvalue weighted by Crippen LogP contribution is -2.40. The van der Waals surface area contributed by atoms with Crippen molar-refractivity contribution < 1.29 is 14.3 Å². The topological polar surface area (TPSA) is 80.0 Å². The molecule has 1 saturated heterocycles. The van der Waals surface area contributed by atoms with Crippen molar-refractivity contribution in [3.63, 3.8) is 0 Å². The van der Waals surface area contributed by atoms with Crippen LogP contribution in [0.15, 0.2) is 21.9 Å². The highest BCUT2D eigenvalue weighted by molar-refractivity contribution is 9.10. The van der Waals surface area contributed by atoms with Crippen LogP contribution in [-0.4, -0.2) is 44.5 Å². The third kappa shape index (κ3) is 3.38. The molecule has 6 nitrogen and oxygen atoms in total. The number of benzene rings is 1. The maximum absolute atomic E-state index is 14.9. The van der Waals surface area contributed by atoms with E-state index in [1.165, 1.54) is 11.8 Å². The van der Waals surface area contributed by atoms with Crippen LogP contribution in [-0.2, 0) is 4.79 Å². The summed E-state index contributed by atoms with van der Waals surface area (Å²) in [6.45, 7) is 0.710. The molecule has 0 spiro atoms. The monoisotopic (exact) mass is 486 g/mol. The highest BCUT2D eigenvalue weighted by atomic mass is 79.9. The summed E-state index contributed by atoms with van der Waals surface area (Å²) in [5, 5.41) is 13.9. The van der Waals surface area contributed by atoms with Gasteiger partial charge in [0.15, 0.2) is 5.82 Å². The quantitative estimate of drug-likeness (QED) is 0.413. The van der Waals surface area contributed by atoms with Gasteiger partial charge in [-0.3, -0.25) is 4.79 Å². The van der Waals surface area contributed by atoms with Crippen molar-refractivity contribution in [2.24, 2.45) is 0 Å². The fraction of sp³-hybridized carbons (Fsp3) is 0.389. The van der Waals surface area contributed by atoms with Gasteiger partial charge < -0.3 is 15.0 Å². The van der Waals surface area contributed by atoms with Gasteiger partial charge in [0.1, 0.15) is 16.1 Å². The van der Waals surface area contributed by atoms with E-state index in [1.54, 1.807) is 12.4 Å². The van der Waals surface area contributed by atoms with Crippen LogP contribution in [0.5, 0.6) is 0 Å². The standard InChI is InChI=1S/C18H17BrClFN4O2S/c1-28-18-16-17(10-6-11(20)13(19)14(21)15(10)24-18)25(7-23-16)9-2-3-22-8(4-9)5-12(26)27/h6-9,22H,2-5H2,1H3,(H,26,27)/t8-,9-/m0/s1. The van der Waals surface area contributed by atoms with Gasteiger partial charge in [-0.1, -0.05) is 11.6 Å². The number of aliphatic carboxylic acids is 1. The molecular formula is C18H17BrClFN4O2S. The van der Waals surface area contributed by atoms with E-state index >= 15 is 0 Å². The number of nitrogens with one attached hydrogen (secondary N) is 1. The van der Waals surface area contributed by atoms with Crippen molar-refractivity contribution in [3.05, 3.63) is 27.7 Å². The Hall–Kier alpha value is -1.42. The lowest BCUT2D eigenvalue weighted by Gasteiger charge is -2.31. The summed E-state index contributed by atoms with van der Waals surface area (Å²) in [6, 6.07) is 1.65. The second-order valence-electron chi connectivity index (χ2n) is 6.78. The van der Waals surface area contributed by atoms with Gasteiger partial charge in [0.2, 0.25) is 0 Å². The minimum Gasteiger partial charge on any atom is -0.481 e. The number of imidazole rings is 1. The first-order valence-electron chi connectivity index (χ1n) is 8.73. The normalized spacial score (nSPS) is 20.1. The molecule has 0 radical (unpaired) electrons. The van der Waals surface area contributed by atoms with E-state index in [-0.39, 0.29) is 33.5 Å². The van der Waals surface area contributed by atoms with E-state index in [2.05, 4.69) is 31.2 Å². The molecule has 0 amide bonds. The van der Waals surface area contributed by atoms with Gasteiger partial charge in [-0.25, -0.2) is 14.4 Å². The molecule has 28 heavy (non-hydrogen) atoms. The molecule has 2 atom stereocenters. The molecular weight excluding hydrogens is 471 g/mol. The second kappa shape index (κ2) is 7.78. The molecule has 0 bridgehead atoms. The molecule has 148 valence electrons. The van der Waals surface area contributed by atoms with E-state index in [4.69, 9.17) is 16.7 Å². The van der Waals surface area contributed by atoms with Crippen molar-refractivity contribution in [2.75, 3.05) is 12.8 Å². The highest BCUT2D eigenvalue weighted by Crippen LogP contribution is 2.39. The smallest absolute Gasteiger partial charge is 0.304 e. The summed E-state index contributed by atoms with van der Waals surface area (Å²) >= 11 is 10.8. The number of rotatable bonds is 4. The molecule has 3 aromatic rings. The number of pyridine rings is 1. The Morgan fingerprint density at radius 2 is 2.32 bits per heavy atom. The predicted octanol–water partition coefficient (Wildman–Crippen LogP) is 4.63. The average molecular weight is 488 g/mol. The molecule has 1 fully saturated rings. The summed E-state index contributed by atoms with van der Waals surface area (Å²) < 4.78 is 17.1. The fourth-order valence-electron chi connectivity index (χ4n) is 3.84. The predicted molar refractivity (Wildman–Crippen MR) is 112 cm³/mol. The van der Waals surface area contributed by atoms with E-state index in [0.717, 1.165) is 11.9 Å². The Morgan fingerprint density at radius 3 is 3.04 bits per heavy atom. The van der Waals surface area contributed by atoms with Crippen molar-refractivity contribution in [3.8, 4) is 0 Å². The first-order valence-corrected chi connectivity index (χ1v) is 11.1. The Balaban J connectivity index is 1.91. The van der Waals surface area contributed by atoms with Crippen molar-refractivity contribution in [1.29, 1.82) is 0 Å². The van der Waals surface area contributed by atoms with Crippen LogP contribution >= 0.6 is 39.3 Å². The highest BCUT2D eigenvalue weighted by Gasteiger charge is 2.27. The van der Waals surface area contributed by atoms with E-state index in [1.807, 2.05) is 10.8 Å². The average Bonchev–Trinajstić information content (AvgIpc) is 3.11. The van der Waals surface area contributed by atoms with Gasteiger partial charge in [-0.15, -0.1) is 11.8 Å². The number of hydrogen-bond donors (Lipinski definition) is 2. The van der Waals surface area contributed by atoms with Crippen molar-refractivity contribution in [1.82, 2.24) is 19.9 Å². The molecule has 2 aromatic heterocycles. The summed E-state index contributed by atoms with van der Waals surface area (Å²) in [7, 11) is 0. The molecule has 10 heteroatoms. The number of carbonyl (C=O) groups is 1. The number of carboxylic acid groups (broad SMARTS) is 1. The minimum absolute atomic E-state index is 0.0568. The first-order chi connectivity index (χ1) is 13.4. The molecule has 1 aliphatic heterocycles. The summed E-state index contributed by atoms with van der Waals surface area (Å²) in [5.74, 6) is -1.33. The molecule has 0 saturated carbocycles. The molecule has 2 N–H and O–H groups in total. The van der Waals surface area contributed by atoms with Gasteiger partial charge in [-0.2, -0.15) is 0 Å². The molecule has 1 aromatic carbocycles. The number of piperidine rings is 1. The van der Waals surface area contributed by atoms with E-state index in [0.29, 0.717) is 28.9 Å². The zero-order valence-electron chi connectivity index (χ0n) is 14.9. The third-order valence-electron chi connectivity index (χ3n) is 5.08. The van der Waals surface area contributed by atoms with Crippen molar-refractivity contribution >= 4 is 67.2 Å². The number of aromatic nitrogens is 3. The Kier molecular flexibility index (Phi) is 5.52. The number of fused-ring (bicyclic) bond motifs is 3. The Morgan fingerprint density at radius 1 is 1.54 bits per heavy atom. The molecule has 0 aliphatic carbocycles. The Bertz CT molecular complexity index is 1090. The fourth-order valence-corrected chi connectivity index (χ4v) is 4.86. The minimum atomic E-state index is -0.827. The number of hydrogen-bond acceptors (Lipinski definition) is 5. The van der Waals surface area contributed by atoms with Crippen LogP contribution < -0.4 is 5.32 Å². The van der Waals surface area contributed by atoms with E-state index in [9.17, 15) is 9.18 Å². The molecule has 1 aliphatic rings. The zero-order chi connectivity index (χ0) is 20.0. The van der Waals surface area contributed by atoms with Gasteiger partial charge >= 0.3 is 5.97 Å². The van der Waals surface area contributed by atoms with Crippen LogP contribution in [0, 0.1) is 5.82 Å². The molecule has 3 heterocycles. The SMILES string of the molecule is CSc1nc2c(F)c(Br)c(Cl)cc2c2c1ncn2[C@H]1CCN[C@H](CC(=O)O)C1. The van der Waals surface area contributed by atoms with E-state index < -0.39 is 11.8 Å². The zero-order valence-corrected chi connectivity index (χ0v) is 18.0. The number of carboxylic acids is 1. The first kappa shape index (κ1) is 19.9. The van der Waals surface area contributed by atoms with Gasteiger partial charge in [0.25, 0.3) is 0 Å². The summed E-state index contributed by atoms with van der Waals surface area (Å²) in [5.41, 5.74) is 1.72. The van der Waals surface area contributed by atoms with Crippen LogP contribution in [0.2, 0.25) is 5.02 Å². The van der Waals surface area contributed by atoms with Gasteiger partial charge in [-0.05, 0) is 47.6 Å². The number of thioether (sulfide) groups is 1. The van der Waals surface area contributed by atoms with Crippen molar-refractivity contribution in [2.45, 2.75) is 36.4 Å². The Labute approximate surface area is 178 Å². The summed E-state index contributed by atoms with van der Waals surface area (Å²) in [4.78, 5) is 20.1. The third-order valence-corrected chi connectivity index (χ3v) is 7.05. The van der Waals surface area contributed by atoms with Crippen LogP contribution in [0.3, 0.4) is 0 Å². The lowest BCUT2D eigenvalue weighted by atomic mass is 9.96. The molecule has 4 rings (SSSR count). The molecule has 0 unspecified atom stereocenters. The number of halogens is 3. The second-order valence-corrected chi connectivity index (χ2v) is 8.77. The number of nitrogens with zero attached hydrogens (tertiary/aromatic N) is 3.